The summed E-state index contributed by atoms with van der Waals surface area (Å²) < 4.78 is 19.6. The second-order valence-corrected chi connectivity index (χ2v) is 6.01. The van der Waals surface area contributed by atoms with Crippen LogP contribution in [-0.2, 0) is 4.74 Å². The van der Waals surface area contributed by atoms with Crippen molar-refractivity contribution in [3.8, 4) is 0 Å². The van der Waals surface area contributed by atoms with Crippen molar-refractivity contribution in [2.75, 3.05) is 26.2 Å². The summed E-state index contributed by atoms with van der Waals surface area (Å²) in [4.78, 5) is 12.3. The molecule has 0 saturated carbocycles. The molecule has 1 aliphatic rings. The summed E-state index contributed by atoms with van der Waals surface area (Å²) in [6.07, 6.45) is -1.26. The van der Waals surface area contributed by atoms with Crippen LogP contribution in [0.4, 0.5) is 10.1 Å². The highest BCUT2D eigenvalue weighted by atomic mass is 19.1. The van der Waals surface area contributed by atoms with Crippen molar-refractivity contribution >= 4 is 5.69 Å². The van der Waals surface area contributed by atoms with Crippen LogP contribution in [0.1, 0.15) is 23.3 Å². The van der Waals surface area contributed by atoms with E-state index in [1.54, 1.807) is 30.3 Å². The molecule has 1 fully saturated rings. The van der Waals surface area contributed by atoms with Crippen LogP contribution in [0.2, 0.25) is 0 Å². The monoisotopic (exact) mass is 346 g/mol. The van der Waals surface area contributed by atoms with Crippen LogP contribution >= 0.6 is 0 Å². The first kappa shape index (κ1) is 17.5. The number of rotatable bonds is 5. The average molecular weight is 346 g/mol. The maximum Gasteiger partial charge on any atom is 0.269 e. The summed E-state index contributed by atoms with van der Waals surface area (Å²) in [6, 6.07) is 12.5. The smallest absolute Gasteiger partial charge is 0.269 e. The molecule has 1 saturated heterocycles. The third-order valence-electron chi connectivity index (χ3n) is 4.30. The number of aliphatic hydroxyl groups is 1. The minimum absolute atomic E-state index is 0.0530. The van der Waals surface area contributed by atoms with E-state index in [0.29, 0.717) is 37.4 Å². The van der Waals surface area contributed by atoms with Crippen LogP contribution in [0.25, 0.3) is 0 Å². The summed E-state index contributed by atoms with van der Waals surface area (Å²) in [6.45, 7) is 1.79. The average Bonchev–Trinajstić information content (AvgIpc) is 2.62. The number of non-ortho nitro benzene ring substituents is 1. The van der Waals surface area contributed by atoms with Gasteiger partial charge in [0.05, 0.1) is 23.7 Å². The first-order valence-electron chi connectivity index (χ1n) is 8.05. The molecule has 1 aliphatic heterocycles. The molecule has 25 heavy (non-hydrogen) atoms. The fourth-order valence-electron chi connectivity index (χ4n) is 2.99. The SMILES string of the molecule is O=[N+]([O-])c1cccc(C(O)CN2CCOC(c3ccccc3F)C2)c1. The number of benzene rings is 2. The molecule has 1 heterocycles. The fourth-order valence-corrected chi connectivity index (χ4v) is 2.99. The number of hydrogen-bond donors (Lipinski definition) is 1. The number of halogens is 1. The maximum absolute atomic E-state index is 13.9. The zero-order valence-electron chi connectivity index (χ0n) is 13.5. The van der Waals surface area contributed by atoms with Crippen LogP contribution in [0.5, 0.6) is 0 Å². The first-order chi connectivity index (χ1) is 12.0. The number of morpholine rings is 1. The van der Waals surface area contributed by atoms with Gasteiger partial charge in [0.2, 0.25) is 0 Å². The molecule has 6 nitrogen and oxygen atoms in total. The van der Waals surface area contributed by atoms with Crippen molar-refractivity contribution in [2.45, 2.75) is 12.2 Å². The van der Waals surface area contributed by atoms with Crippen molar-refractivity contribution in [3.05, 3.63) is 75.6 Å². The van der Waals surface area contributed by atoms with Crippen molar-refractivity contribution in [3.63, 3.8) is 0 Å². The molecule has 0 radical (unpaired) electrons. The topological polar surface area (TPSA) is 75.8 Å². The highest BCUT2D eigenvalue weighted by Gasteiger charge is 2.26. The number of nitro groups is 1. The summed E-state index contributed by atoms with van der Waals surface area (Å²) >= 11 is 0. The van der Waals surface area contributed by atoms with Gasteiger partial charge in [-0.25, -0.2) is 4.39 Å². The van der Waals surface area contributed by atoms with E-state index in [9.17, 15) is 19.6 Å². The molecule has 2 unspecified atom stereocenters. The summed E-state index contributed by atoms with van der Waals surface area (Å²) in [7, 11) is 0. The van der Waals surface area contributed by atoms with Crippen molar-refractivity contribution in [2.24, 2.45) is 0 Å². The quantitative estimate of drug-likeness (QED) is 0.665. The van der Waals surface area contributed by atoms with E-state index in [0.717, 1.165) is 0 Å². The predicted molar refractivity (Wildman–Crippen MR) is 89.6 cm³/mol. The Morgan fingerprint density at radius 1 is 1.32 bits per heavy atom. The van der Waals surface area contributed by atoms with Gasteiger partial charge in [0.15, 0.2) is 0 Å². The lowest BCUT2D eigenvalue weighted by atomic mass is 10.1. The normalized spacial score (nSPS) is 19.5. The van der Waals surface area contributed by atoms with Gasteiger partial charge in [-0.2, -0.15) is 0 Å². The van der Waals surface area contributed by atoms with Crippen molar-refractivity contribution in [1.82, 2.24) is 4.90 Å². The Hall–Kier alpha value is -2.35. The van der Waals surface area contributed by atoms with Crippen LogP contribution < -0.4 is 0 Å². The van der Waals surface area contributed by atoms with E-state index >= 15 is 0 Å². The molecule has 0 spiro atoms. The largest absolute Gasteiger partial charge is 0.387 e. The van der Waals surface area contributed by atoms with Crippen LogP contribution in [0.3, 0.4) is 0 Å². The van der Waals surface area contributed by atoms with Gasteiger partial charge in [0.1, 0.15) is 5.82 Å². The second-order valence-electron chi connectivity index (χ2n) is 6.01. The molecule has 3 rings (SSSR count). The predicted octanol–water partition coefficient (Wildman–Crippen LogP) is 2.84. The number of nitro benzene ring substituents is 1. The zero-order chi connectivity index (χ0) is 17.8. The Morgan fingerprint density at radius 2 is 2.12 bits per heavy atom. The highest BCUT2D eigenvalue weighted by Crippen LogP contribution is 2.26. The Labute approximate surface area is 144 Å². The lowest BCUT2D eigenvalue weighted by Gasteiger charge is -2.34. The minimum Gasteiger partial charge on any atom is -0.387 e. The third kappa shape index (κ3) is 4.19. The fraction of sp³-hybridized carbons (Fsp3) is 0.333. The van der Waals surface area contributed by atoms with E-state index in [4.69, 9.17) is 4.74 Å². The molecule has 2 atom stereocenters. The number of β-amino-alcohol motifs (C(OH)–C–C–N with tert-alkyl or cyclic N) is 1. The van der Waals surface area contributed by atoms with Gasteiger partial charge in [0, 0.05) is 37.3 Å². The number of hydrogen-bond acceptors (Lipinski definition) is 5. The number of aliphatic hydroxyl groups excluding tert-OH is 1. The highest BCUT2D eigenvalue weighted by molar-refractivity contribution is 5.35. The van der Waals surface area contributed by atoms with Crippen LogP contribution in [-0.4, -0.2) is 41.2 Å². The van der Waals surface area contributed by atoms with Crippen molar-refractivity contribution in [1.29, 1.82) is 0 Å². The number of ether oxygens (including phenoxy) is 1. The molecule has 7 heteroatoms. The van der Waals surface area contributed by atoms with Crippen LogP contribution in [0.15, 0.2) is 48.5 Å². The van der Waals surface area contributed by atoms with E-state index < -0.39 is 17.1 Å². The number of nitrogens with zero attached hydrogens (tertiary/aromatic N) is 2. The van der Waals surface area contributed by atoms with Gasteiger partial charge in [0.25, 0.3) is 5.69 Å². The molecular formula is C18H19FN2O4. The lowest BCUT2D eigenvalue weighted by molar-refractivity contribution is -0.385. The summed E-state index contributed by atoms with van der Waals surface area (Å²) in [5, 5.41) is 21.3. The molecule has 2 aromatic carbocycles. The van der Waals surface area contributed by atoms with Gasteiger partial charge in [-0.1, -0.05) is 30.3 Å². The van der Waals surface area contributed by atoms with E-state index in [-0.39, 0.29) is 11.5 Å². The standard InChI is InChI=1S/C18H19FN2O4/c19-16-7-2-1-6-15(16)18-12-20(8-9-25-18)11-17(22)13-4-3-5-14(10-13)21(23)24/h1-7,10,17-18,22H,8-9,11-12H2. The van der Waals surface area contributed by atoms with Crippen molar-refractivity contribution < 1.29 is 19.2 Å². The molecule has 132 valence electrons. The Bertz CT molecular complexity index is 755. The summed E-state index contributed by atoms with van der Waals surface area (Å²) in [5.41, 5.74) is 0.933. The molecule has 1 N–H and O–H groups in total. The van der Waals surface area contributed by atoms with Gasteiger partial charge < -0.3 is 9.84 Å². The first-order valence-corrected chi connectivity index (χ1v) is 8.05. The Kier molecular flexibility index (Phi) is 5.37. The Balaban J connectivity index is 1.67. The third-order valence-corrected chi connectivity index (χ3v) is 4.30. The van der Waals surface area contributed by atoms with E-state index in [1.165, 1.54) is 18.2 Å². The molecule has 2 aromatic rings. The maximum atomic E-state index is 13.9. The molecular weight excluding hydrogens is 327 g/mol. The second kappa shape index (κ2) is 7.69. The molecule has 0 aromatic heterocycles. The zero-order valence-corrected chi connectivity index (χ0v) is 13.5. The minimum atomic E-state index is -0.862. The van der Waals surface area contributed by atoms with E-state index in [1.807, 2.05) is 4.90 Å². The van der Waals surface area contributed by atoms with E-state index in [2.05, 4.69) is 0 Å². The molecule has 0 bridgehead atoms. The Morgan fingerprint density at radius 3 is 2.88 bits per heavy atom. The van der Waals surface area contributed by atoms with Gasteiger partial charge >= 0.3 is 0 Å². The van der Waals surface area contributed by atoms with Crippen LogP contribution in [0, 0.1) is 15.9 Å². The van der Waals surface area contributed by atoms with Gasteiger partial charge in [-0.05, 0) is 11.6 Å². The van der Waals surface area contributed by atoms with Gasteiger partial charge in [-0.3, -0.25) is 15.0 Å². The van der Waals surface area contributed by atoms with Gasteiger partial charge in [-0.15, -0.1) is 0 Å². The lowest BCUT2D eigenvalue weighted by Crippen LogP contribution is -2.40. The molecule has 0 amide bonds. The molecule has 0 aliphatic carbocycles. The summed E-state index contributed by atoms with van der Waals surface area (Å²) in [5.74, 6) is -0.311.